The monoisotopic (exact) mass is 282 g/mol. The van der Waals surface area contributed by atoms with E-state index in [1.807, 2.05) is 0 Å². The lowest BCUT2D eigenvalue weighted by Crippen LogP contribution is -2.05. The molecule has 2 aromatic carbocycles. The van der Waals surface area contributed by atoms with Crippen molar-refractivity contribution in [3.63, 3.8) is 0 Å². The van der Waals surface area contributed by atoms with E-state index in [1.165, 1.54) is 24.3 Å². The van der Waals surface area contributed by atoms with Crippen LogP contribution in [-0.2, 0) is 6.42 Å². The molecule has 0 saturated carbocycles. The van der Waals surface area contributed by atoms with Crippen molar-refractivity contribution in [2.45, 2.75) is 19.4 Å². The van der Waals surface area contributed by atoms with Gasteiger partial charge in [0.15, 0.2) is 0 Å². The van der Waals surface area contributed by atoms with Crippen LogP contribution in [0.15, 0.2) is 36.4 Å². The first-order valence-electron chi connectivity index (χ1n) is 5.86. The summed E-state index contributed by atoms with van der Waals surface area (Å²) >= 11 is 5.84. The van der Waals surface area contributed by atoms with Gasteiger partial charge in [-0.3, -0.25) is 0 Å². The molecule has 0 heterocycles. The third-order valence-corrected chi connectivity index (χ3v) is 3.46. The fourth-order valence-corrected chi connectivity index (χ4v) is 2.24. The Morgan fingerprint density at radius 2 is 1.95 bits per heavy atom. The molecule has 0 aliphatic heterocycles. The van der Waals surface area contributed by atoms with Crippen LogP contribution in [0.25, 0.3) is 0 Å². The third-order valence-electron chi connectivity index (χ3n) is 3.04. The van der Waals surface area contributed by atoms with Crippen LogP contribution in [0, 0.1) is 18.6 Å². The molecule has 0 fully saturated rings. The van der Waals surface area contributed by atoms with E-state index < -0.39 is 11.9 Å². The molecule has 4 heteroatoms. The van der Waals surface area contributed by atoms with Crippen molar-refractivity contribution in [1.29, 1.82) is 0 Å². The van der Waals surface area contributed by atoms with E-state index in [0.29, 0.717) is 16.7 Å². The van der Waals surface area contributed by atoms with Gasteiger partial charge < -0.3 is 5.11 Å². The normalized spacial score (nSPS) is 12.5. The fraction of sp³-hybridized carbons (Fsp3) is 0.200. The van der Waals surface area contributed by atoms with E-state index in [2.05, 4.69) is 0 Å². The molecule has 1 atom stereocenters. The molecular weight excluding hydrogens is 270 g/mol. The molecule has 0 amide bonds. The minimum absolute atomic E-state index is 0.0151. The van der Waals surface area contributed by atoms with Crippen molar-refractivity contribution in [1.82, 2.24) is 0 Å². The smallest absolute Gasteiger partial charge is 0.142 e. The summed E-state index contributed by atoms with van der Waals surface area (Å²) in [6.07, 6.45) is -0.664. The lowest BCUT2D eigenvalue weighted by Gasteiger charge is -2.15. The van der Waals surface area contributed by atoms with Crippen LogP contribution < -0.4 is 0 Å². The van der Waals surface area contributed by atoms with Crippen LogP contribution in [-0.4, -0.2) is 5.11 Å². The molecule has 1 N–H and O–H groups in total. The largest absolute Gasteiger partial charge is 0.388 e. The summed E-state index contributed by atoms with van der Waals surface area (Å²) in [5, 5.41) is 10.2. The topological polar surface area (TPSA) is 20.2 Å². The predicted octanol–water partition coefficient (Wildman–Crippen LogP) is 4.20. The van der Waals surface area contributed by atoms with E-state index in [0.717, 1.165) is 0 Å². The van der Waals surface area contributed by atoms with Gasteiger partial charge >= 0.3 is 0 Å². The van der Waals surface area contributed by atoms with Crippen molar-refractivity contribution in [2.75, 3.05) is 0 Å². The zero-order chi connectivity index (χ0) is 14.0. The van der Waals surface area contributed by atoms with Gasteiger partial charge in [-0.2, -0.15) is 0 Å². The average Bonchev–Trinajstić information content (AvgIpc) is 2.34. The van der Waals surface area contributed by atoms with Crippen LogP contribution in [0.3, 0.4) is 0 Å². The van der Waals surface area contributed by atoms with Crippen LogP contribution in [0.1, 0.15) is 22.8 Å². The first kappa shape index (κ1) is 14.0. The molecule has 19 heavy (non-hydrogen) atoms. The Kier molecular flexibility index (Phi) is 4.17. The lowest BCUT2D eigenvalue weighted by atomic mass is 9.97. The first-order valence-corrected chi connectivity index (χ1v) is 6.24. The predicted molar refractivity (Wildman–Crippen MR) is 71.2 cm³/mol. The van der Waals surface area contributed by atoms with Crippen LogP contribution in [0.4, 0.5) is 8.78 Å². The van der Waals surface area contributed by atoms with Gasteiger partial charge in [-0.25, -0.2) is 8.78 Å². The summed E-state index contributed by atoms with van der Waals surface area (Å²) in [7, 11) is 0. The van der Waals surface area contributed by atoms with Crippen LogP contribution >= 0.6 is 11.6 Å². The van der Waals surface area contributed by atoms with Gasteiger partial charge in [-0.1, -0.05) is 29.8 Å². The maximum Gasteiger partial charge on any atom is 0.142 e. The molecule has 0 radical (unpaired) electrons. The van der Waals surface area contributed by atoms with Gasteiger partial charge in [-0.15, -0.1) is 0 Å². The molecule has 100 valence electrons. The standard InChI is InChI=1S/C15H13ClF2O/c1-9-7-11(17)5-6-12(9)14(19)8-10-3-2-4-13(18)15(10)16/h2-7,14,19H,8H2,1H3. The Hall–Kier alpha value is -1.45. The molecular formula is C15H13ClF2O. The van der Waals surface area contributed by atoms with Gasteiger partial charge in [0.2, 0.25) is 0 Å². The minimum Gasteiger partial charge on any atom is -0.388 e. The fourth-order valence-electron chi connectivity index (χ4n) is 2.04. The Morgan fingerprint density at radius 3 is 2.63 bits per heavy atom. The maximum atomic E-state index is 13.3. The number of aryl methyl sites for hydroxylation is 1. The number of hydrogen-bond acceptors (Lipinski definition) is 1. The van der Waals surface area contributed by atoms with Gasteiger partial charge in [-0.05, 0) is 41.8 Å². The van der Waals surface area contributed by atoms with Gasteiger partial charge in [0.05, 0.1) is 11.1 Å². The number of benzene rings is 2. The Labute approximate surface area is 115 Å². The summed E-state index contributed by atoms with van der Waals surface area (Å²) in [6.45, 7) is 1.72. The van der Waals surface area contributed by atoms with Gasteiger partial charge in [0, 0.05) is 6.42 Å². The van der Waals surface area contributed by atoms with Crippen LogP contribution in [0.2, 0.25) is 5.02 Å². The Bertz CT molecular complexity index is 599. The highest BCUT2D eigenvalue weighted by molar-refractivity contribution is 6.31. The minimum atomic E-state index is -0.847. The van der Waals surface area contributed by atoms with Crippen molar-refractivity contribution in [3.8, 4) is 0 Å². The van der Waals surface area contributed by atoms with Gasteiger partial charge in [0.25, 0.3) is 0 Å². The number of aliphatic hydroxyl groups excluding tert-OH is 1. The lowest BCUT2D eigenvalue weighted by molar-refractivity contribution is 0.177. The maximum absolute atomic E-state index is 13.3. The van der Waals surface area contributed by atoms with E-state index in [-0.39, 0.29) is 17.3 Å². The zero-order valence-corrected chi connectivity index (χ0v) is 11.1. The second-order valence-electron chi connectivity index (χ2n) is 4.43. The van der Waals surface area contributed by atoms with Crippen molar-refractivity contribution in [2.24, 2.45) is 0 Å². The molecule has 0 aliphatic carbocycles. The van der Waals surface area contributed by atoms with Gasteiger partial charge in [0.1, 0.15) is 11.6 Å². The highest BCUT2D eigenvalue weighted by Gasteiger charge is 2.15. The van der Waals surface area contributed by atoms with E-state index in [9.17, 15) is 13.9 Å². The molecule has 0 saturated heterocycles. The van der Waals surface area contributed by atoms with Crippen molar-refractivity contribution < 1.29 is 13.9 Å². The molecule has 0 bridgehead atoms. The molecule has 1 unspecified atom stereocenters. The highest BCUT2D eigenvalue weighted by atomic mass is 35.5. The quantitative estimate of drug-likeness (QED) is 0.894. The SMILES string of the molecule is Cc1cc(F)ccc1C(O)Cc1cccc(F)c1Cl. The molecule has 0 aromatic heterocycles. The number of hydrogen-bond donors (Lipinski definition) is 1. The van der Waals surface area contributed by atoms with E-state index >= 15 is 0 Å². The summed E-state index contributed by atoms with van der Waals surface area (Å²) < 4.78 is 26.3. The van der Waals surface area contributed by atoms with Crippen molar-refractivity contribution in [3.05, 3.63) is 69.7 Å². The molecule has 2 aromatic rings. The molecule has 2 rings (SSSR count). The molecule has 0 spiro atoms. The number of halogens is 3. The second kappa shape index (κ2) is 5.68. The Balaban J connectivity index is 2.25. The first-order chi connectivity index (χ1) is 8.99. The molecule has 1 nitrogen and oxygen atoms in total. The second-order valence-corrected chi connectivity index (χ2v) is 4.81. The van der Waals surface area contributed by atoms with Crippen molar-refractivity contribution >= 4 is 11.6 Å². The van der Waals surface area contributed by atoms with E-state index in [1.54, 1.807) is 19.1 Å². The summed E-state index contributed by atoms with van der Waals surface area (Å²) in [5.41, 5.74) is 1.79. The Morgan fingerprint density at radius 1 is 1.21 bits per heavy atom. The summed E-state index contributed by atoms with van der Waals surface area (Å²) in [6, 6.07) is 8.64. The van der Waals surface area contributed by atoms with Crippen LogP contribution in [0.5, 0.6) is 0 Å². The van der Waals surface area contributed by atoms with E-state index in [4.69, 9.17) is 11.6 Å². The molecule has 0 aliphatic rings. The number of aliphatic hydroxyl groups is 1. The summed E-state index contributed by atoms with van der Waals surface area (Å²) in [4.78, 5) is 0. The zero-order valence-electron chi connectivity index (χ0n) is 10.3. The highest BCUT2D eigenvalue weighted by Crippen LogP contribution is 2.27. The number of rotatable bonds is 3. The third kappa shape index (κ3) is 3.11. The summed E-state index contributed by atoms with van der Waals surface area (Å²) in [5.74, 6) is -0.862. The average molecular weight is 283 g/mol.